The summed E-state index contributed by atoms with van der Waals surface area (Å²) in [5, 5.41) is 12.4. The Labute approximate surface area is 273 Å². The number of ketones is 2. The molecule has 0 bridgehead atoms. The Morgan fingerprint density at radius 1 is 0.787 bits per heavy atom. The number of likely N-dealkylation sites (tertiary alicyclic amines) is 1. The first-order valence-corrected chi connectivity index (χ1v) is 16.5. The van der Waals surface area contributed by atoms with Crippen LogP contribution >= 0.6 is 0 Å². The minimum absolute atomic E-state index is 0.129. The van der Waals surface area contributed by atoms with E-state index >= 15 is 9.59 Å². The monoisotopic (exact) mass is 621 g/mol. The van der Waals surface area contributed by atoms with Crippen LogP contribution in [0.2, 0.25) is 0 Å². The van der Waals surface area contributed by atoms with Gasteiger partial charge in [-0.3, -0.25) is 24.1 Å². The Balaban J connectivity index is 1.44. The van der Waals surface area contributed by atoms with Gasteiger partial charge in [-0.25, -0.2) is 0 Å². The number of benzene rings is 4. The van der Waals surface area contributed by atoms with Gasteiger partial charge in [0.1, 0.15) is 5.75 Å². The molecule has 0 spiro atoms. The van der Waals surface area contributed by atoms with E-state index in [1.165, 1.54) is 11.0 Å². The number of imide groups is 1. The second-order valence-corrected chi connectivity index (χ2v) is 13.3. The maximum Gasteiger partial charge on any atom is 0.233 e. The summed E-state index contributed by atoms with van der Waals surface area (Å²) >= 11 is 0. The quantitative estimate of drug-likeness (QED) is 0.196. The second kappa shape index (κ2) is 11.0. The van der Waals surface area contributed by atoms with Crippen molar-refractivity contribution in [3.05, 3.63) is 131 Å². The van der Waals surface area contributed by atoms with Crippen LogP contribution in [0.5, 0.6) is 5.75 Å². The lowest BCUT2D eigenvalue weighted by Crippen LogP contribution is -2.58. The van der Waals surface area contributed by atoms with Crippen LogP contribution in [0.1, 0.15) is 48.8 Å². The van der Waals surface area contributed by atoms with E-state index < -0.39 is 35.0 Å². The van der Waals surface area contributed by atoms with Gasteiger partial charge in [0.15, 0.2) is 11.6 Å². The Bertz CT molecular complexity index is 2030. The number of hydrogen-bond donors (Lipinski definition) is 1. The van der Waals surface area contributed by atoms with Gasteiger partial charge in [0.2, 0.25) is 11.8 Å². The fourth-order valence-electron chi connectivity index (χ4n) is 9.29. The minimum atomic E-state index is -1.31. The first-order valence-electron chi connectivity index (χ1n) is 16.5. The molecule has 4 aliphatic rings. The number of aromatic hydroxyl groups is 1. The van der Waals surface area contributed by atoms with Gasteiger partial charge in [-0.2, -0.15) is 0 Å². The van der Waals surface area contributed by atoms with Crippen molar-refractivity contribution in [3.63, 3.8) is 0 Å². The molecule has 0 radical (unpaired) electrons. The van der Waals surface area contributed by atoms with E-state index in [0.29, 0.717) is 35.9 Å². The van der Waals surface area contributed by atoms with Gasteiger partial charge in [-0.15, -0.1) is 0 Å². The molecule has 1 saturated heterocycles. The number of amides is 2. The molecule has 2 amide bonds. The number of nitrogens with zero attached hydrogens (tertiary/aromatic N) is 1. The molecule has 1 aliphatic heterocycles. The molecule has 1 heterocycles. The topological polar surface area (TPSA) is 91.8 Å². The van der Waals surface area contributed by atoms with E-state index in [1.807, 2.05) is 97.9 Å². The van der Waals surface area contributed by atoms with Gasteiger partial charge in [0.25, 0.3) is 0 Å². The molecule has 234 valence electrons. The van der Waals surface area contributed by atoms with Crippen molar-refractivity contribution in [1.29, 1.82) is 0 Å². The van der Waals surface area contributed by atoms with Crippen LogP contribution in [0.25, 0.3) is 16.3 Å². The maximum absolute atomic E-state index is 15.2. The Morgan fingerprint density at radius 2 is 1.47 bits per heavy atom. The van der Waals surface area contributed by atoms with Crippen molar-refractivity contribution in [2.24, 2.45) is 23.7 Å². The number of phenols is 1. The molecule has 6 unspecified atom stereocenters. The van der Waals surface area contributed by atoms with Crippen LogP contribution in [0.3, 0.4) is 0 Å². The zero-order valence-electron chi connectivity index (χ0n) is 26.1. The third-order valence-electron chi connectivity index (χ3n) is 11.2. The number of phenolic OH excluding ortho intramolecular Hbond substituents is 1. The van der Waals surface area contributed by atoms with Gasteiger partial charge < -0.3 is 5.11 Å². The molecule has 1 saturated carbocycles. The highest BCUT2D eigenvalue weighted by atomic mass is 16.3. The highest BCUT2D eigenvalue weighted by Crippen LogP contribution is 2.64. The van der Waals surface area contributed by atoms with Crippen LogP contribution in [0.15, 0.2) is 115 Å². The molecule has 8 rings (SSSR count). The first kappa shape index (κ1) is 29.3. The van der Waals surface area contributed by atoms with E-state index in [0.717, 1.165) is 22.1 Å². The van der Waals surface area contributed by atoms with Crippen LogP contribution in [0.4, 0.5) is 0 Å². The van der Waals surface area contributed by atoms with Crippen LogP contribution in [0, 0.1) is 23.7 Å². The Morgan fingerprint density at radius 3 is 2.19 bits per heavy atom. The van der Waals surface area contributed by atoms with Crippen molar-refractivity contribution in [1.82, 2.24) is 4.90 Å². The van der Waals surface area contributed by atoms with E-state index in [4.69, 9.17) is 0 Å². The second-order valence-electron chi connectivity index (χ2n) is 13.3. The summed E-state index contributed by atoms with van der Waals surface area (Å²) in [6.45, 7) is 2.32. The van der Waals surface area contributed by atoms with Gasteiger partial charge in [-0.1, -0.05) is 110 Å². The molecule has 2 fully saturated rings. The molecule has 1 N–H and O–H groups in total. The third-order valence-corrected chi connectivity index (χ3v) is 11.2. The predicted octanol–water partition coefficient (Wildman–Crippen LogP) is 6.78. The first-order chi connectivity index (χ1) is 22.9. The van der Waals surface area contributed by atoms with Crippen molar-refractivity contribution in [2.45, 2.75) is 37.5 Å². The predicted molar refractivity (Wildman–Crippen MR) is 179 cm³/mol. The van der Waals surface area contributed by atoms with Crippen LogP contribution in [-0.4, -0.2) is 39.9 Å². The summed E-state index contributed by atoms with van der Waals surface area (Å²) in [4.78, 5) is 59.4. The van der Waals surface area contributed by atoms with Gasteiger partial charge in [-0.05, 0) is 59.4 Å². The Hall–Kier alpha value is -5.10. The molecule has 47 heavy (non-hydrogen) atoms. The molecule has 3 aliphatic carbocycles. The number of hydrogen-bond acceptors (Lipinski definition) is 5. The van der Waals surface area contributed by atoms with Gasteiger partial charge in [0, 0.05) is 29.3 Å². The zero-order chi connectivity index (χ0) is 32.4. The molecule has 6 atom stereocenters. The number of allylic oxidation sites excluding steroid dienone is 4. The van der Waals surface area contributed by atoms with Gasteiger partial charge >= 0.3 is 0 Å². The average Bonchev–Trinajstić information content (AvgIpc) is 3.35. The van der Waals surface area contributed by atoms with Crippen LogP contribution in [-0.2, 0) is 24.6 Å². The van der Waals surface area contributed by atoms with Crippen molar-refractivity contribution in [3.8, 4) is 5.75 Å². The molecule has 6 heteroatoms. The van der Waals surface area contributed by atoms with Crippen molar-refractivity contribution < 1.29 is 24.3 Å². The van der Waals surface area contributed by atoms with E-state index in [2.05, 4.69) is 6.08 Å². The number of fused-ring (bicyclic) bond motifs is 5. The zero-order valence-corrected chi connectivity index (χ0v) is 26.1. The molecule has 4 aromatic rings. The number of Topliss-reactive ketones (excluding diaryl/α,β-unsaturated/α-hetero) is 1. The number of carbonyl (C=O) groups is 4. The highest BCUT2D eigenvalue weighted by molar-refractivity contribution is 6.31. The van der Waals surface area contributed by atoms with E-state index in [-0.39, 0.29) is 35.6 Å². The van der Waals surface area contributed by atoms with E-state index in [1.54, 1.807) is 6.07 Å². The summed E-state index contributed by atoms with van der Waals surface area (Å²) in [6, 6.07) is 30.0. The lowest BCUT2D eigenvalue weighted by molar-refractivity contribution is -0.140. The van der Waals surface area contributed by atoms with E-state index in [9.17, 15) is 14.7 Å². The summed E-state index contributed by atoms with van der Waals surface area (Å²) in [6.07, 6.45) is 4.98. The molecule has 0 aromatic heterocycles. The average molecular weight is 622 g/mol. The normalized spacial score (nSPS) is 28.4. The third kappa shape index (κ3) is 4.10. The summed E-state index contributed by atoms with van der Waals surface area (Å²) in [5.41, 5.74) is 2.25. The molecular formula is C41H35NO5. The van der Waals surface area contributed by atoms with Crippen molar-refractivity contribution >= 4 is 39.7 Å². The van der Waals surface area contributed by atoms with Gasteiger partial charge in [0.05, 0.1) is 17.3 Å². The minimum Gasteiger partial charge on any atom is -0.507 e. The standard InChI is InChI=1S/C41H35NO5/c1-2-21-42-39(46)30-18-17-29-32(36(30)40(42)47)22-33-38(45)31(24-11-5-3-6-12-24)23-35(44)41(33,25-13-7-4-8-14-25)37(29)28-19-20-34(43)27-16-10-9-15-26(27)28/h3-17,19-20,23,30,32-33,36-37,43H,2,18,21-22H2,1H3. The Kier molecular flexibility index (Phi) is 6.87. The lowest BCUT2D eigenvalue weighted by atomic mass is 9.44. The molecule has 6 nitrogen and oxygen atoms in total. The SMILES string of the molecule is CCCN1C(=O)C2CC=C3C(CC4C(=O)C(c5ccccc5)=CC(=O)C4(c4ccccc4)C3c3ccc(O)c4ccccc34)C2C1=O. The fraction of sp³-hybridized carbons (Fsp3) is 0.268. The van der Waals surface area contributed by atoms with Crippen molar-refractivity contribution in [2.75, 3.05) is 6.54 Å². The largest absolute Gasteiger partial charge is 0.507 e. The summed E-state index contributed by atoms with van der Waals surface area (Å²) in [7, 11) is 0. The smallest absolute Gasteiger partial charge is 0.233 e. The molecular weight excluding hydrogens is 586 g/mol. The molecule has 4 aromatic carbocycles. The lowest BCUT2D eigenvalue weighted by Gasteiger charge is -2.55. The number of rotatable bonds is 5. The van der Waals surface area contributed by atoms with Crippen LogP contribution < -0.4 is 0 Å². The highest BCUT2D eigenvalue weighted by Gasteiger charge is 2.66. The maximum atomic E-state index is 15.2. The summed E-state index contributed by atoms with van der Waals surface area (Å²) < 4.78 is 0. The fourth-order valence-corrected chi connectivity index (χ4v) is 9.29. The number of carbonyl (C=O) groups excluding carboxylic acids is 4. The summed E-state index contributed by atoms with van der Waals surface area (Å²) in [5.74, 6) is -3.36.